The molecular weight excluding hydrogens is 279 g/mol. The molecule has 0 bridgehead atoms. The highest BCUT2D eigenvalue weighted by Crippen LogP contribution is 2.18. The third-order valence-corrected chi connectivity index (χ3v) is 4.04. The van der Waals surface area contributed by atoms with Crippen molar-refractivity contribution < 1.29 is 12.8 Å². The van der Waals surface area contributed by atoms with Gasteiger partial charge < -0.3 is 5.32 Å². The van der Waals surface area contributed by atoms with Crippen LogP contribution in [0.4, 0.5) is 15.8 Å². The van der Waals surface area contributed by atoms with Gasteiger partial charge in [0.05, 0.1) is 4.90 Å². The molecule has 0 heterocycles. The van der Waals surface area contributed by atoms with E-state index in [9.17, 15) is 12.8 Å². The molecule has 0 amide bonds. The van der Waals surface area contributed by atoms with Gasteiger partial charge in [0, 0.05) is 17.9 Å². The molecule has 6 heteroatoms. The number of sulfonamides is 1. The van der Waals surface area contributed by atoms with E-state index in [0.717, 1.165) is 12.2 Å². The smallest absolute Gasteiger partial charge is 0.261 e. The molecule has 4 nitrogen and oxygen atoms in total. The van der Waals surface area contributed by atoms with E-state index in [-0.39, 0.29) is 4.90 Å². The second kappa shape index (κ2) is 5.92. The largest absolute Gasteiger partial charge is 0.385 e. The topological polar surface area (TPSA) is 58.2 Å². The summed E-state index contributed by atoms with van der Waals surface area (Å²) in [6, 6.07) is 11.6. The quantitative estimate of drug-likeness (QED) is 0.891. The molecule has 0 aromatic heterocycles. The van der Waals surface area contributed by atoms with Gasteiger partial charge in [-0.3, -0.25) is 4.72 Å². The maximum atomic E-state index is 12.8. The van der Waals surface area contributed by atoms with Crippen LogP contribution in [-0.4, -0.2) is 15.0 Å². The van der Waals surface area contributed by atoms with Gasteiger partial charge >= 0.3 is 0 Å². The molecule has 2 N–H and O–H groups in total. The summed E-state index contributed by atoms with van der Waals surface area (Å²) in [5.74, 6) is -0.414. The number of anilines is 2. The summed E-state index contributed by atoms with van der Waals surface area (Å²) in [5, 5.41) is 3.09. The molecule has 0 aliphatic heterocycles. The monoisotopic (exact) mass is 294 g/mol. The number of benzene rings is 2. The van der Waals surface area contributed by atoms with Crippen molar-refractivity contribution in [1.82, 2.24) is 0 Å². The van der Waals surface area contributed by atoms with Crippen LogP contribution in [0.5, 0.6) is 0 Å². The Morgan fingerprint density at radius 3 is 2.05 bits per heavy atom. The van der Waals surface area contributed by atoms with Crippen LogP contribution in [0.3, 0.4) is 0 Å². The second-order valence-corrected chi connectivity index (χ2v) is 5.85. The lowest BCUT2D eigenvalue weighted by Gasteiger charge is -2.09. The maximum Gasteiger partial charge on any atom is 0.261 e. The molecular formula is C14H15FN2O2S. The van der Waals surface area contributed by atoms with E-state index in [4.69, 9.17) is 0 Å². The van der Waals surface area contributed by atoms with Crippen molar-refractivity contribution in [3.63, 3.8) is 0 Å². The molecule has 0 spiro atoms. The Balaban J connectivity index is 2.19. The Hall–Kier alpha value is -2.08. The molecule has 106 valence electrons. The minimum absolute atomic E-state index is 0.156. The molecule has 2 aromatic rings. The standard InChI is InChI=1S/C14H15FN2O2S/c1-2-16-12-7-9-14(10-8-12)20(18,19)17-13-5-3-11(15)4-6-13/h3-10,16-17H,2H2,1H3. The van der Waals surface area contributed by atoms with E-state index in [1.165, 1.54) is 36.4 Å². The lowest BCUT2D eigenvalue weighted by molar-refractivity contribution is 0.601. The fourth-order valence-corrected chi connectivity index (χ4v) is 2.75. The second-order valence-electron chi connectivity index (χ2n) is 4.17. The minimum Gasteiger partial charge on any atom is -0.385 e. The van der Waals surface area contributed by atoms with Crippen molar-refractivity contribution in [3.8, 4) is 0 Å². The molecule has 0 fully saturated rings. The van der Waals surface area contributed by atoms with Gasteiger partial charge in [-0.15, -0.1) is 0 Å². The highest BCUT2D eigenvalue weighted by atomic mass is 32.2. The van der Waals surface area contributed by atoms with Gasteiger partial charge in [0.2, 0.25) is 0 Å². The van der Waals surface area contributed by atoms with Gasteiger partial charge in [-0.25, -0.2) is 12.8 Å². The van der Waals surface area contributed by atoms with Crippen molar-refractivity contribution in [1.29, 1.82) is 0 Å². The predicted molar refractivity (Wildman–Crippen MR) is 77.8 cm³/mol. The predicted octanol–water partition coefficient (Wildman–Crippen LogP) is 3.06. The molecule has 0 unspecified atom stereocenters. The van der Waals surface area contributed by atoms with Crippen LogP contribution >= 0.6 is 0 Å². The van der Waals surface area contributed by atoms with Gasteiger partial charge in [-0.1, -0.05) is 0 Å². The normalized spacial score (nSPS) is 11.1. The van der Waals surface area contributed by atoms with E-state index >= 15 is 0 Å². The Morgan fingerprint density at radius 1 is 0.950 bits per heavy atom. The maximum absolute atomic E-state index is 12.8. The number of hydrogen-bond acceptors (Lipinski definition) is 3. The van der Waals surface area contributed by atoms with Crippen LogP contribution < -0.4 is 10.0 Å². The van der Waals surface area contributed by atoms with E-state index < -0.39 is 15.8 Å². The lowest BCUT2D eigenvalue weighted by Crippen LogP contribution is -2.13. The third kappa shape index (κ3) is 3.48. The fraction of sp³-hybridized carbons (Fsp3) is 0.143. The van der Waals surface area contributed by atoms with Gasteiger partial charge in [-0.2, -0.15) is 0 Å². The molecule has 0 radical (unpaired) electrons. The average Bonchev–Trinajstić information content (AvgIpc) is 2.42. The molecule has 0 aliphatic carbocycles. The fourth-order valence-electron chi connectivity index (χ4n) is 1.69. The summed E-state index contributed by atoms with van der Waals surface area (Å²) in [5.41, 5.74) is 1.18. The van der Waals surface area contributed by atoms with Crippen LogP contribution in [0.15, 0.2) is 53.4 Å². The van der Waals surface area contributed by atoms with E-state index in [1.807, 2.05) is 6.92 Å². The molecule has 2 aromatic carbocycles. The average molecular weight is 294 g/mol. The molecule has 0 saturated heterocycles. The number of halogens is 1. The zero-order chi connectivity index (χ0) is 14.6. The Bertz CT molecular complexity index is 667. The lowest BCUT2D eigenvalue weighted by atomic mass is 10.3. The number of nitrogens with one attached hydrogen (secondary N) is 2. The van der Waals surface area contributed by atoms with Crippen molar-refractivity contribution >= 4 is 21.4 Å². The van der Waals surface area contributed by atoms with Crippen LogP contribution in [-0.2, 0) is 10.0 Å². The Morgan fingerprint density at radius 2 is 1.50 bits per heavy atom. The summed E-state index contributed by atoms with van der Waals surface area (Å²) < 4.78 is 39.4. The first-order valence-corrected chi connectivity index (χ1v) is 7.62. The summed E-state index contributed by atoms with van der Waals surface area (Å²) in [7, 11) is -3.66. The van der Waals surface area contributed by atoms with Crippen LogP contribution in [0.2, 0.25) is 0 Å². The first kappa shape index (κ1) is 14.3. The molecule has 20 heavy (non-hydrogen) atoms. The van der Waals surface area contributed by atoms with Crippen molar-refractivity contribution in [3.05, 3.63) is 54.3 Å². The summed E-state index contributed by atoms with van der Waals surface area (Å²) >= 11 is 0. The number of hydrogen-bond donors (Lipinski definition) is 2. The van der Waals surface area contributed by atoms with Crippen LogP contribution in [0, 0.1) is 5.82 Å². The first-order valence-electron chi connectivity index (χ1n) is 6.13. The van der Waals surface area contributed by atoms with E-state index in [0.29, 0.717) is 5.69 Å². The van der Waals surface area contributed by atoms with Gasteiger partial charge in [-0.05, 0) is 55.5 Å². The van der Waals surface area contributed by atoms with Crippen LogP contribution in [0.25, 0.3) is 0 Å². The zero-order valence-electron chi connectivity index (χ0n) is 10.9. The Labute approximate surface area is 117 Å². The summed E-state index contributed by atoms with van der Waals surface area (Å²) in [6.07, 6.45) is 0. The van der Waals surface area contributed by atoms with Gasteiger partial charge in [0.1, 0.15) is 5.82 Å². The van der Waals surface area contributed by atoms with Gasteiger partial charge in [0.15, 0.2) is 0 Å². The Kier molecular flexibility index (Phi) is 4.24. The highest BCUT2D eigenvalue weighted by Gasteiger charge is 2.13. The van der Waals surface area contributed by atoms with E-state index in [2.05, 4.69) is 10.0 Å². The van der Waals surface area contributed by atoms with Crippen LogP contribution in [0.1, 0.15) is 6.92 Å². The SMILES string of the molecule is CCNc1ccc(S(=O)(=O)Nc2ccc(F)cc2)cc1. The molecule has 0 saturated carbocycles. The zero-order valence-corrected chi connectivity index (χ0v) is 11.7. The van der Waals surface area contributed by atoms with E-state index in [1.54, 1.807) is 12.1 Å². The third-order valence-electron chi connectivity index (χ3n) is 2.64. The highest BCUT2D eigenvalue weighted by molar-refractivity contribution is 7.92. The summed E-state index contributed by atoms with van der Waals surface area (Å²) in [4.78, 5) is 0.156. The van der Waals surface area contributed by atoms with Crippen molar-refractivity contribution in [2.24, 2.45) is 0 Å². The molecule has 0 atom stereocenters. The summed E-state index contributed by atoms with van der Waals surface area (Å²) in [6.45, 7) is 2.72. The van der Waals surface area contributed by atoms with Gasteiger partial charge in [0.25, 0.3) is 10.0 Å². The minimum atomic E-state index is -3.66. The van der Waals surface area contributed by atoms with Crippen molar-refractivity contribution in [2.75, 3.05) is 16.6 Å². The van der Waals surface area contributed by atoms with Crippen molar-refractivity contribution in [2.45, 2.75) is 11.8 Å². The molecule has 0 aliphatic rings. The molecule has 2 rings (SSSR count). The first-order chi connectivity index (χ1) is 9.51. The number of rotatable bonds is 5.